The molecule has 0 aliphatic carbocycles. The number of methoxy groups -OCH3 is 1. The highest BCUT2D eigenvalue weighted by Crippen LogP contribution is 2.19. The molecule has 0 spiro atoms. The van der Waals surface area contributed by atoms with E-state index in [0.717, 1.165) is 41.9 Å². The van der Waals surface area contributed by atoms with E-state index in [-0.39, 0.29) is 0 Å². The van der Waals surface area contributed by atoms with Gasteiger partial charge in [0.1, 0.15) is 23.2 Å². The van der Waals surface area contributed by atoms with Gasteiger partial charge in [-0.1, -0.05) is 24.3 Å². The molecule has 5 nitrogen and oxygen atoms in total. The van der Waals surface area contributed by atoms with Crippen LogP contribution in [0.1, 0.15) is 17.0 Å². The molecule has 0 radical (unpaired) electrons. The number of nitrogens with one attached hydrogen (secondary N) is 2. The minimum atomic E-state index is 0.728. The summed E-state index contributed by atoms with van der Waals surface area (Å²) in [5, 5.41) is 6.72. The van der Waals surface area contributed by atoms with Crippen LogP contribution in [0.25, 0.3) is 0 Å². The molecule has 2 aromatic carbocycles. The van der Waals surface area contributed by atoms with Crippen LogP contribution in [0.4, 0.5) is 17.3 Å². The molecule has 0 aliphatic rings. The molecule has 0 saturated heterocycles. The quantitative estimate of drug-likeness (QED) is 0.658. The topological polar surface area (TPSA) is 59.1 Å². The van der Waals surface area contributed by atoms with Crippen LogP contribution >= 0.6 is 0 Å². The van der Waals surface area contributed by atoms with Crippen molar-refractivity contribution in [3.8, 4) is 5.75 Å². The highest BCUT2D eigenvalue weighted by Gasteiger charge is 2.03. The molecule has 1 aromatic heterocycles. The molecule has 0 aliphatic heterocycles. The third kappa shape index (κ3) is 4.96. The van der Waals surface area contributed by atoms with Crippen LogP contribution in [-0.4, -0.2) is 23.6 Å². The molecular formula is C21H24N4O. The highest BCUT2D eigenvalue weighted by atomic mass is 16.5. The summed E-state index contributed by atoms with van der Waals surface area (Å²) in [6.45, 7) is 4.75. The zero-order chi connectivity index (χ0) is 18.4. The van der Waals surface area contributed by atoms with Gasteiger partial charge in [-0.2, -0.15) is 0 Å². The SMILES string of the molecule is COc1cccc(CCNc2cc(Nc3cccc(C)c3)nc(C)n2)c1. The van der Waals surface area contributed by atoms with E-state index >= 15 is 0 Å². The van der Waals surface area contributed by atoms with Gasteiger partial charge in [-0.15, -0.1) is 0 Å². The average molecular weight is 348 g/mol. The highest BCUT2D eigenvalue weighted by molar-refractivity contribution is 5.59. The minimum absolute atomic E-state index is 0.728. The van der Waals surface area contributed by atoms with Gasteiger partial charge in [0.15, 0.2) is 0 Å². The molecule has 1 heterocycles. The molecule has 0 unspecified atom stereocenters. The van der Waals surface area contributed by atoms with E-state index in [1.54, 1.807) is 7.11 Å². The number of aromatic nitrogens is 2. The van der Waals surface area contributed by atoms with E-state index in [1.165, 1.54) is 11.1 Å². The predicted octanol–water partition coefficient (Wildman–Crippen LogP) is 4.50. The smallest absolute Gasteiger partial charge is 0.136 e. The Balaban J connectivity index is 1.63. The first-order valence-corrected chi connectivity index (χ1v) is 8.68. The molecule has 0 amide bonds. The number of rotatable bonds is 7. The lowest BCUT2D eigenvalue weighted by Gasteiger charge is -2.11. The van der Waals surface area contributed by atoms with E-state index in [1.807, 2.05) is 37.3 Å². The molecule has 26 heavy (non-hydrogen) atoms. The molecule has 0 fully saturated rings. The minimum Gasteiger partial charge on any atom is -0.497 e. The van der Waals surface area contributed by atoms with Gasteiger partial charge in [-0.3, -0.25) is 0 Å². The van der Waals surface area contributed by atoms with E-state index in [9.17, 15) is 0 Å². The van der Waals surface area contributed by atoms with Crippen molar-refractivity contribution >= 4 is 17.3 Å². The van der Waals surface area contributed by atoms with Gasteiger partial charge in [-0.05, 0) is 55.7 Å². The number of anilines is 3. The maximum atomic E-state index is 5.27. The molecular weight excluding hydrogens is 324 g/mol. The lowest BCUT2D eigenvalue weighted by molar-refractivity contribution is 0.414. The van der Waals surface area contributed by atoms with Crippen LogP contribution in [0.2, 0.25) is 0 Å². The zero-order valence-corrected chi connectivity index (χ0v) is 15.4. The Morgan fingerprint density at radius 1 is 0.923 bits per heavy atom. The summed E-state index contributed by atoms with van der Waals surface area (Å²) in [5.74, 6) is 3.21. The summed E-state index contributed by atoms with van der Waals surface area (Å²) >= 11 is 0. The predicted molar refractivity (Wildman–Crippen MR) is 106 cm³/mol. The fourth-order valence-corrected chi connectivity index (χ4v) is 2.76. The molecule has 0 atom stereocenters. The van der Waals surface area contributed by atoms with Crippen LogP contribution in [-0.2, 0) is 6.42 Å². The van der Waals surface area contributed by atoms with Crippen LogP contribution in [0, 0.1) is 13.8 Å². The number of hydrogen-bond donors (Lipinski definition) is 2. The molecule has 0 bridgehead atoms. The van der Waals surface area contributed by atoms with Crippen molar-refractivity contribution in [1.82, 2.24) is 9.97 Å². The Bertz CT molecular complexity index is 879. The lowest BCUT2D eigenvalue weighted by atomic mass is 10.1. The molecule has 5 heteroatoms. The van der Waals surface area contributed by atoms with Gasteiger partial charge in [-0.25, -0.2) is 9.97 Å². The maximum absolute atomic E-state index is 5.27. The van der Waals surface area contributed by atoms with Crippen molar-refractivity contribution in [1.29, 1.82) is 0 Å². The van der Waals surface area contributed by atoms with Crippen molar-refractivity contribution in [3.63, 3.8) is 0 Å². The number of aryl methyl sites for hydroxylation is 2. The van der Waals surface area contributed by atoms with Crippen molar-refractivity contribution in [2.45, 2.75) is 20.3 Å². The summed E-state index contributed by atoms with van der Waals surface area (Å²) in [7, 11) is 1.68. The molecule has 0 saturated carbocycles. The van der Waals surface area contributed by atoms with Gasteiger partial charge in [0.2, 0.25) is 0 Å². The first-order valence-electron chi connectivity index (χ1n) is 8.68. The fraction of sp³-hybridized carbons (Fsp3) is 0.238. The Labute approximate surface area is 154 Å². The normalized spacial score (nSPS) is 10.4. The standard InChI is InChI=1S/C21H24N4O/c1-15-6-4-8-18(12-15)25-21-14-20(23-16(2)24-21)22-11-10-17-7-5-9-19(13-17)26-3/h4-9,12-14H,10-11H2,1-3H3,(H2,22,23,24,25). The van der Waals surface area contributed by atoms with Crippen molar-refractivity contribution in [2.75, 3.05) is 24.3 Å². The number of benzene rings is 2. The van der Waals surface area contributed by atoms with Gasteiger partial charge in [0.25, 0.3) is 0 Å². The summed E-state index contributed by atoms with van der Waals surface area (Å²) in [6.07, 6.45) is 0.890. The molecule has 3 aromatic rings. The number of hydrogen-bond acceptors (Lipinski definition) is 5. The van der Waals surface area contributed by atoms with Crippen molar-refractivity contribution in [2.24, 2.45) is 0 Å². The summed E-state index contributed by atoms with van der Waals surface area (Å²) < 4.78 is 5.27. The van der Waals surface area contributed by atoms with E-state index in [2.05, 4.69) is 51.8 Å². The largest absolute Gasteiger partial charge is 0.497 e. The van der Waals surface area contributed by atoms with E-state index in [0.29, 0.717) is 0 Å². The maximum Gasteiger partial charge on any atom is 0.136 e. The van der Waals surface area contributed by atoms with Crippen LogP contribution < -0.4 is 15.4 Å². The number of ether oxygens (including phenoxy) is 1. The van der Waals surface area contributed by atoms with Crippen LogP contribution in [0.3, 0.4) is 0 Å². The van der Waals surface area contributed by atoms with E-state index < -0.39 is 0 Å². The van der Waals surface area contributed by atoms with Gasteiger partial charge >= 0.3 is 0 Å². The van der Waals surface area contributed by atoms with Crippen LogP contribution in [0.15, 0.2) is 54.6 Å². The van der Waals surface area contributed by atoms with Crippen LogP contribution in [0.5, 0.6) is 5.75 Å². The molecule has 3 rings (SSSR count). The zero-order valence-electron chi connectivity index (χ0n) is 15.4. The van der Waals surface area contributed by atoms with Gasteiger partial charge < -0.3 is 15.4 Å². The monoisotopic (exact) mass is 348 g/mol. The number of nitrogens with zero attached hydrogens (tertiary/aromatic N) is 2. The second-order valence-corrected chi connectivity index (χ2v) is 6.21. The second-order valence-electron chi connectivity index (χ2n) is 6.21. The summed E-state index contributed by atoms with van der Waals surface area (Å²) in [4.78, 5) is 8.94. The first kappa shape index (κ1) is 17.7. The Hall–Kier alpha value is -3.08. The third-order valence-electron chi connectivity index (χ3n) is 3.98. The summed E-state index contributed by atoms with van der Waals surface area (Å²) in [6, 6.07) is 18.3. The third-order valence-corrected chi connectivity index (χ3v) is 3.98. The van der Waals surface area contributed by atoms with Crippen molar-refractivity contribution < 1.29 is 4.74 Å². The van der Waals surface area contributed by atoms with Crippen molar-refractivity contribution in [3.05, 3.63) is 71.5 Å². The molecule has 134 valence electrons. The first-order chi connectivity index (χ1) is 12.6. The Morgan fingerprint density at radius 2 is 1.73 bits per heavy atom. The summed E-state index contributed by atoms with van der Waals surface area (Å²) in [5.41, 5.74) is 3.45. The van der Waals surface area contributed by atoms with Gasteiger partial charge in [0.05, 0.1) is 7.11 Å². The lowest BCUT2D eigenvalue weighted by Crippen LogP contribution is -2.08. The Morgan fingerprint density at radius 3 is 2.54 bits per heavy atom. The molecule has 2 N–H and O–H groups in total. The second kappa shape index (κ2) is 8.34. The Kier molecular flexibility index (Phi) is 5.69. The van der Waals surface area contributed by atoms with E-state index in [4.69, 9.17) is 4.74 Å². The average Bonchev–Trinajstić information content (AvgIpc) is 2.61. The van der Waals surface area contributed by atoms with Gasteiger partial charge in [0, 0.05) is 18.3 Å². The fourth-order valence-electron chi connectivity index (χ4n) is 2.76.